The molecule has 0 N–H and O–H groups in total. The quantitative estimate of drug-likeness (QED) is 0.611. The lowest BCUT2D eigenvalue weighted by Gasteiger charge is -2.33. The average Bonchev–Trinajstić information content (AvgIpc) is 2.96. The van der Waals surface area contributed by atoms with Crippen LogP contribution in [-0.2, 0) is 12.8 Å². The predicted octanol–water partition coefficient (Wildman–Crippen LogP) is 5.82. The summed E-state index contributed by atoms with van der Waals surface area (Å²) in [6.45, 7) is 2.32. The number of hydrogen-bond donors (Lipinski definition) is 0. The first kappa shape index (κ1) is 13.5. The van der Waals surface area contributed by atoms with Gasteiger partial charge in [0.25, 0.3) is 0 Å². The Kier molecular flexibility index (Phi) is 3.89. The van der Waals surface area contributed by atoms with E-state index < -0.39 is 0 Å². The van der Waals surface area contributed by atoms with Crippen molar-refractivity contribution in [3.63, 3.8) is 0 Å². The number of halogens is 1. The van der Waals surface area contributed by atoms with Gasteiger partial charge in [-0.1, -0.05) is 38.0 Å². The molecule has 104 valence electrons. The molecule has 1 atom stereocenters. The molecule has 1 aromatic carbocycles. The third kappa shape index (κ3) is 2.44. The zero-order valence-electron chi connectivity index (χ0n) is 12.1. The molecule has 0 saturated heterocycles. The van der Waals surface area contributed by atoms with E-state index in [2.05, 4.69) is 25.1 Å². The Balaban J connectivity index is 1.88. The molecule has 0 aromatic heterocycles. The summed E-state index contributed by atoms with van der Waals surface area (Å²) in [5, 5.41) is 0.215. The van der Waals surface area contributed by atoms with Gasteiger partial charge in [-0.2, -0.15) is 0 Å². The second-order valence-electron chi connectivity index (χ2n) is 6.52. The molecular weight excluding hydrogens is 252 g/mol. The van der Waals surface area contributed by atoms with Crippen molar-refractivity contribution >= 4 is 11.6 Å². The maximum atomic E-state index is 6.91. The Morgan fingerprint density at radius 3 is 2.42 bits per heavy atom. The lowest BCUT2D eigenvalue weighted by molar-refractivity contribution is 0.271. The molecule has 0 heterocycles. The molecule has 1 heteroatoms. The van der Waals surface area contributed by atoms with Crippen LogP contribution in [0.5, 0.6) is 0 Å². The van der Waals surface area contributed by atoms with Crippen LogP contribution in [0.15, 0.2) is 18.2 Å². The zero-order chi connectivity index (χ0) is 13.3. The van der Waals surface area contributed by atoms with E-state index in [-0.39, 0.29) is 5.38 Å². The maximum absolute atomic E-state index is 6.91. The van der Waals surface area contributed by atoms with Crippen molar-refractivity contribution in [2.24, 2.45) is 5.41 Å². The average molecular weight is 277 g/mol. The molecule has 0 nitrogen and oxygen atoms in total. The van der Waals surface area contributed by atoms with E-state index in [1.807, 2.05) is 0 Å². The maximum Gasteiger partial charge on any atom is 0.0641 e. The van der Waals surface area contributed by atoms with Gasteiger partial charge in [0.2, 0.25) is 0 Å². The van der Waals surface area contributed by atoms with Crippen molar-refractivity contribution < 1.29 is 0 Å². The van der Waals surface area contributed by atoms with Crippen molar-refractivity contribution in [3.8, 4) is 0 Å². The molecule has 2 aliphatic carbocycles. The SMILES string of the molecule is CCC1(C(Cl)c2ccc3c(c2)CCCC3)CCCC1. The third-order valence-electron chi connectivity index (χ3n) is 5.51. The Morgan fingerprint density at radius 2 is 1.74 bits per heavy atom. The third-order valence-corrected chi connectivity index (χ3v) is 6.22. The Hall–Kier alpha value is -0.490. The fourth-order valence-electron chi connectivity index (χ4n) is 4.13. The van der Waals surface area contributed by atoms with Gasteiger partial charge in [0.05, 0.1) is 5.38 Å². The molecule has 1 aromatic rings. The van der Waals surface area contributed by atoms with Crippen molar-refractivity contribution in [1.82, 2.24) is 0 Å². The number of hydrogen-bond acceptors (Lipinski definition) is 0. The van der Waals surface area contributed by atoms with Crippen LogP contribution >= 0.6 is 11.6 Å². The van der Waals surface area contributed by atoms with Crippen LogP contribution in [0.4, 0.5) is 0 Å². The molecule has 0 amide bonds. The molecule has 0 spiro atoms. The summed E-state index contributed by atoms with van der Waals surface area (Å²) in [4.78, 5) is 0. The van der Waals surface area contributed by atoms with Crippen LogP contribution in [0.25, 0.3) is 0 Å². The fraction of sp³-hybridized carbons (Fsp3) is 0.667. The first-order valence-corrected chi connectivity index (χ1v) is 8.44. The second-order valence-corrected chi connectivity index (χ2v) is 6.96. The summed E-state index contributed by atoms with van der Waals surface area (Å²) in [6.07, 6.45) is 11.8. The molecule has 0 radical (unpaired) electrons. The van der Waals surface area contributed by atoms with Gasteiger partial charge in [-0.25, -0.2) is 0 Å². The van der Waals surface area contributed by atoms with Crippen molar-refractivity contribution in [1.29, 1.82) is 0 Å². The lowest BCUT2D eigenvalue weighted by atomic mass is 9.76. The van der Waals surface area contributed by atoms with Crippen molar-refractivity contribution in [2.45, 2.75) is 70.1 Å². The normalized spacial score (nSPS) is 23.1. The Bertz CT molecular complexity index is 443. The van der Waals surface area contributed by atoms with Gasteiger partial charge in [0, 0.05) is 0 Å². The molecule has 1 saturated carbocycles. The smallest absolute Gasteiger partial charge is 0.0641 e. The number of benzene rings is 1. The van der Waals surface area contributed by atoms with E-state index in [1.54, 1.807) is 11.1 Å². The number of fused-ring (bicyclic) bond motifs is 1. The minimum absolute atomic E-state index is 0.215. The first-order valence-electron chi connectivity index (χ1n) is 8.01. The summed E-state index contributed by atoms with van der Waals surface area (Å²) in [7, 11) is 0. The monoisotopic (exact) mass is 276 g/mol. The minimum atomic E-state index is 0.215. The highest BCUT2D eigenvalue weighted by Gasteiger charge is 2.39. The highest BCUT2D eigenvalue weighted by Crippen LogP contribution is 2.53. The van der Waals surface area contributed by atoms with E-state index in [4.69, 9.17) is 11.6 Å². The van der Waals surface area contributed by atoms with Gasteiger partial charge in [0.15, 0.2) is 0 Å². The standard InChI is InChI=1S/C18H25Cl/c1-2-18(11-5-6-12-18)17(19)16-10-9-14-7-3-4-8-15(14)13-16/h9-10,13,17H,2-8,11-12H2,1H3. The highest BCUT2D eigenvalue weighted by atomic mass is 35.5. The Morgan fingerprint density at radius 1 is 1.05 bits per heavy atom. The fourth-order valence-corrected chi connectivity index (χ4v) is 4.64. The minimum Gasteiger partial charge on any atom is -0.117 e. The molecule has 1 unspecified atom stereocenters. The first-order chi connectivity index (χ1) is 9.25. The van der Waals surface area contributed by atoms with Crippen LogP contribution in [0.3, 0.4) is 0 Å². The summed E-state index contributed by atoms with van der Waals surface area (Å²) < 4.78 is 0. The highest BCUT2D eigenvalue weighted by molar-refractivity contribution is 6.21. The van der Waals surface area contributed by atoms with Crippen molar-refractivity contribution in [3.05, 3.63) is 34.9 Å². The molecular formula is C18H25Cl. The zero-order valence-corrected chi connectivity index (χ0v) is 12.8. The van der Waals surface area contributed by atoms with Crippen LogP contribution in [0.2, 0.25) is 0 Å². The largest absolute Gasteiger partial charge is 0.117 e. The van der Waals surface area contributed by atoms with Gasteiger partial charge < -0.3 is 0 Å². The summed E-state index contributed by atoms with van der Waals surface area (Å²) in [5.41, 5.74) is 4.88. The Labute approximate surface area is 122 Å². The summed E-state index contributed by atoms with van der Waals surface area (Å²) in [5.74, 6) is 0. The van der Waals surface area contributed by atoms with Gasteiger partial charge in [-0.3, -0.25) is 0 Å². The van der Waals surface area contributed by atoms with Crippen LogP contribution < -0.4 is 0 Å². The molecule has 0 bridgehead atoms. The molecule has 0 aliphatic heterocycles. The van der Waals surface area contributed by atoms with Gasteiger partial charge >= 0.3 is 0 Å². The summed E-state index contributed by atoms with van der Waals surface area (Å²) in [6, 6.07) is 7.07. The van der Waals surface area contributed by atoms with Gasteiger partial charge in [-0.15, -0.1) is 11.6 Å². The van der Waals surface area contributed by atoms with Crippen LogP contribution in [0, 0.1) is 5.41 Å². The number of alkyl halides is 1. The van der Waals surface area contributed by atoms with E-state index in [0.717, 1.165) is 0 Å². The van der Waals surface area contributed by atoms with E-state index in [1.165, 1.54) is 63.4 Å². The number of aryl methyl sites for hydroxylation is 2. The predicted molar refractivity (Wildman–Crippen MR) is 82.9 cm³/mol. The van der Waals surface area contributed by atoms with E-state index in [0.29, 0.717) is 5.41 Å². The van der Waals surface area contributed by atoms with Crippen LogP contribution in [0.1, 0.15) is 73.9 Å². The van der Waals surface area contributed by atoms with Crippen LogP contribution in [-0.4, -0.2) is 0 Å². The van der Waals surface area contributed by atoms with E-state index in [9.17, 15) is 0 Å². The van der Waals surface area contributed by atoms with Gasteiger partial charge in [0.1, 0.15) is 0 Å². The lowest BCUT2D eigenvalue weighted by Crippen LogP contribution is -2.21. The van der Waals surface area contributed by atoms with E-state index >= 15 is 0 Å². The molecule has 1 fully saturated rings. The second kappa shape index (κ2) is 5.48. The molecule has 2 aliphatic rings. The van der Waals surface area contributed by atoms with Gasteiger partial charge in [-0.05, 0) is 67.1 Å². The summed E-state index contributed by atoms with van der Waals surface area (Å²) >= 11 is 6.91. The van der Waals surface area contributed by atoms with Crippen molar-refractivity contribution in [2.75, 3.05) is 0 Å². The number of rotatable bonds is 3. The molecule has 3 rings (SSSR count). The molecule has 19 heavy (non-hydrogen) atoms. The topological polar surface area (TPSA) is 0 Å².